The lowest BCUT2D eigenvalue weighted by molar-refractivity contribution is 0.102. The van der Waals surface area contributed by atoms with Crippen LogP contribution in [0.2, 0.25) is 0 Å². The Morgan fingerprint density at radius 1 is 0.871 bits per heavy atom. The zero-order valence-corrected chi connectivity index (χ0v) is 17.7. The van der Waals surface area contributed by atoms with Crippen molar-refractivity contribution in [1.29, 1.82) is 0 Å². The number of anilines is 1. The van der Waals surface area contributed by atoms with E-state index >= 15 is 0 Å². The van der Waals surface area contributed by atoms with Crippen LogP contribution in [-0.2, 0) is 13.1 Å². The van der Waals surface area contributed by atoms with Gasteiger partial charge in [0, 0.05) is 24.3 Å². The van der Waals surface area contributed by atoms with Gasteiger partial charge in [0.2, 0.25) is 0 Å². The first-order chi connectivity index (χ1) is 14.9. The summed E-state index contributed by atoms with van der Waals surface area (Å²) >= 11 is 0. The Bertz CT molecular complexity index is 1030. The summed E-state index contributed by atoms with van der Waals surface area (Å²) in [7, 11) is 0. The van der Waals surface area contributed by atoms with E-state index < -0.39 is 6.10 Å². The quantitative estimate of drug-likeness (QED) is 0.462. The van der Waals surface area contributed by atoms with Crippen LogP contribution in [-0.4, -0.2) is 17.0 Å². The average molecular weight is 418 g/mol. The van der Waals surface area contributed by atoms with E-state index in [9.17, 15) is 14.7 Å². The number of aryl methyl sites for hydroxylation is 1. The molecule has 0 aliphatic carbocycles. The van der Waals surface area contributed by atoms with Gasteiger partial charge in [-0.15, -0.1) is 0 Å². The summed E-state index contributed by atoms with van der Waals surface area (Å²) in [5.41, 5.74) is 5.01. The lowest BCUT2D eigenvalue weighted by Crippen LogP contribution is -2.34. The molecule has 0 heterocycles. The van der Waals surface area contributed by atoms with Crippen LogP contribution < -0.4 is 16.0 Å². The maximum Gasteiger partial charge on any atom is 0.315 e. The van der Waals surface area contributed by atoms with Crippen LogP contribution >= 0.6 is 0 Å². The molecule has 0 radical (unpaired) electrons. The van der Waals surface area contributed by atoms with Crippen molar-refractivity contribution in [2.45, 2.75) is 33.0 Å². The fourth-order valence-electron chi connectivity index (χ4n) is 3.01. The number of aliphatic hydroxyl groups excluding tert-OH is 1. The minimum absolute atomic E-state index is 0.176. The maximum absolute atomic E-state index is 12.4. The van der Waals surface area contributed by atoms with Crippen molar-refractivity contribution in [3.8, 4) is 0 Å². The first kappa shape index (κ1) is 22.1. The number of carbonyl (C=O) groups is 2. The number of aliphatic hydroxyl groups is 1. The topological polar surface area (TPSA) is 90.5 Å². The van der Waals surface area contributed by atoms with Gasteiger partial charge in [0.25, 0.3) is 5.91 Å². The Kier molecular flexibility index (Phi) is 7.40. The summed E-state index contributed by atoms with van der Waals surface area (Å²) in [5, 5.41) is 18.0. The molecule has 3 aromatic rings. The molecule has 0 aliphatic heterocycles. The summed E-state index contributed by atoms with van der Waals surface area (Å²) < 4.78 is 0. The van der Waals surface area contributed by atoms with Gasteiger partial charge in [0.15, 0.2) is 0 Å². The van der Waals surface area contributed by atoms with Crippen LogP contribution in [0.15, 0.2) is 72.8 Å². The van der Waals surface area contributed by atoms with Crippen LogP contribution in [0.3, 0.4) is 0 Å². The molecule has 160 valence electrons. The minimum atomic E-state index is -0.511. The van der Waals surface area contributed by atoms with Crippen LogP contribution in [0.5, 0.6) is 0 Å². The third-order valence-corrected chi connectivity index (χ3v) is 4.87. The van der Waals surface area contributed by atoms with Gasteiger partial charge in [-0.05, 0) is 54.8 Å². The fraction of sp³-hybridized carbons (Fsp3) is 0.200. The molecule has 3 aromatic carbocycles. The van der Waals surface area contributed by atoms with Crippen molar-refractivity contribution >= 4 is 17.6 Å². The normalized spacial score (nSPS) is 11.5. The second kappa shape index (κ2) is 10.4. The second-order valence-corrected chi connectivity index (χ2v) is 7.47. The molecule has 3 rings (SSSR count). The second-order valence-electron chi connectivity index (χ2n) is 7.47. The smallest absolute Gasteiger partial charge is 0.315 e. The van der Waals surface area contributed by atoms with Gasteiger partial charge in [-0.25, -0.2) is 4.79 Å². The third-order valence-electron chi connectivity index (χ3n) is 4.87. The van der Waals surface area contributed by atoms with Gasteiger partial charge in [-0.3, -0.25) is 4.79 Å². The first-order valence-electron chi connectivity index (χ1n) is 10.2. The molecule has 31 heavy (non-hydrogen) atoms. The molecule has 4 N–H and O–H groups in total. The molecule has 0 bridgehead atoms. The zero-order chi connectivity index (χ0) is 22.2. The fourth-order valence-corrected chi connectivity index (χ4v) is 3.01. The summed E-state index contributed by atoms with van der Waals surface area (Å²) in [5.74, 6) is -0.176. The third kappa shape index (κ3) is 6.69. The highest BCUT2D eigenvalue weighted by atomic mass is 16.3. The molecule has 0 saturated heterocycles. The largest absolute Gasteiger partial charge is 0.389 e. The van der Waals surface area contributed by atoms with E-state index in [0.29, 0.717) is 24.3 Å². The number of carbonyl (C=O) groups excluding carboxylic acids is 2. The number of nitrogens with one attached hydrogen (secondary N) is 3. The van der Waals surface area contributed by atoms with Gasteiger partial charge in [-0.1, -0.05) is 54.1 Å². The Morgan fingerprint density at radius 2 is 1.52 bits per heavy atom. The van der Waals surface area contributed by atoms with Gasteiger partial charge in [-0.2, -0.15) is 0 Å². The molecule has 3 amide bonds. The predicted octanol–water partition coefficient (Wildman–Crippen LogP) is 4.30. The highest BCUT2D eigenvalue weighted by Crippen LogP contribution is 2.14. The standard InChI is InChI=1S/C25H27N3O3/c1-17-6-10-22(11-7-17)24(30)28-23-5-3-4-20(14-23)16-27-25(31)26-15-19-8-12-21(13-9-19)18(2)29/h3-14,18,29H,15-16H2,1-2H3,(H,28,30)(H2,26,27,31)/t18-/m0/s1. The van der Waals surface area contributed by atoms with Crippen LogP contribution in [0.25, 0.3) is 0 Å². The van der Waals surface area contributed by atoms with Gasteiger partial charge < -0.3 is 21.1 Å². The van der Waals surface area contributed by atoms with Crippen molar-refractivity contribution in [2.75, 3.05) is 5.32 Å². The van der Waals surface area contributed by atoms with Crippen molar-refractivity contribution in [1.82, 2.24) is 10.6 Å². The summed E-state index contributed by atoms with van der Waals surface area (Å²) in [6.45, 7) is 4.41. The van der Waals surface area contributed by atoms with E-state index in [-0.39, 0.29) is 11.9 Å². The number of amides is 3. The molecule has 6 heteroatoms. The minimum Gasteiger partial charge on any atom is -0.389 e. The first-order valence-corrected chi connectivity index (χ1v) is 10.2. The van der Waals surface area contributed by atoms with Crippen molar-refractivity contribution in [3.05, 3.63) is 101 Å². The van der Waals surface area contributed by atoms with Crippen molar-refractivity contribution in [3.63, 3.8) is 0 Å². The predicted molar refractivity (Wildman–Crippen MR) is 122 cm³/mol. The Hall–Kier alpha value is -3.64. The van der Waals surface area contributed by atoms with Crippen LogP contribution in [0.4, 0.5) is 10.5 Å². The lowest BCUT2D eigenvalue weighted by atomic mass is 10.1. The molecular weight excluding hydrogens is 390 g/mol. The summed E-state index contributed by atoms with van der Waals surface area (Å²) in [6, 6.07) is 21.9. The molecule has 0 saturated carbocycles. The number of hydrogen-bond acceptors (Lipinski definition) is 3. The lowest BCUT2D eigenvalue weighted by Gasteiger charge is -2.11. The Balaban J connectivity index is 1.48. The molecule has 0 unspecified atom stereocenters. The zero-order valence-electron chi connectivity index (χ0n) is 17.7. The molecule has 0 aromatic heterocycles. The molecule has 0 spiro atoms. The number of benzene rings is 3. The SMILES string of the molecule is Cc1ccc(C(=O)Nc2cccc(CNC(=O)NCc3ccc([C@H](C)O)cc3)c2)cc1. The number of urea groups is 1. The summed E-state index contributed by atoms with van der Waals surface area (Å²) in [6.07, 6.45) is -0.511. The van der Waals surface area contributed by atoms with Crippen molar-refractivity contribution < 1.29 is 14.7 Å². The van der Waals surface area contributed by atoms with E-state index in [1.807, 2.05) is 67.6 Å². The monoisotopic (exact) mass is 417 g/mol. The van der Waals surface area contributed by atoms with Crippen LogP contribution in [0, 0.1) is 6.92 Å². The van der Waals surface area contributed by atoms with E-state index in [0.717, 1.165) is 22.3 Å². The molecular formula is C25H27N3O3. The average Bonchev–Trinajstić information content (AvgIpc) is 2.77. The maximum atomic E-state index is 12.4. The molecule has 0 aliphatic rings. The van der Waals surface area contributed by atoms with E-state index in [1.165, 1.54) is 0 Å². The van der Waals surface area contributed by atoms with Gasteiger partial charge in [0.1, 0.15) is 0 Å². The Labute approximate surface area is 182 Å². The molecule has 6 nitrogen and oxygen atoms in total. The molecule has 1 atom stereocenters. The van der Waals surface area contributed by atoms with E-state index in [1.54, 1.807) is 19.1 Å². The molecule has 0 fully saturated rings. The Morgan fingerprint density at radius 3 is 2.16 bits per heavy atom. The highest BCUT2D eigenvalue weighted by molar-refractivity contribution is 6.04. The number of hydrogen-bond donors (Lipinski definition) is 4. The van der Waals surface area contributed by atoms with E-state index in [4.69, 9.17) is 0 Å². The summed E-state index contributed by atoms with van der Waals surface area (Å²) in [4.78, 5) is 24.5. The van der Waals surface area contributed by atoms with Gasteiger partial charge in [0.05, 0.1) is 6.10 Å². The van der Waals surface area contributed by atoms with Gasteiger partial charge >= 0.3 is 6.03 Å². The van der Waals surface area contributed by atoms with Crippen molar-refractivity contribution in [2.24, 2.45) is 0 Å². The van der Waals surface area contributed by atoms with E-state index in [2.05, 4.69) is 16.0 Å². The highest BCUT2D eigenvalue weighted by Gasteiger charge is 2.07. The van der Waals surface area contributed by atoms with Crippen LogP contribution in [0.1, 0.15) is 45.6 Å². The number of rotatable bonds is 7.